The van der Waals surface area contributed by atoms with Crippen LogP contribution in [0.3, 0.4) is 0 Å². The largest absolute Gasteiger partial charge is 1.00 e. The van der Waals surface area contributed by atoms with Gasteiger partial charge in [0.25, 0.3) is 0 Å². The average Bonchev–Trinajstić information content (AvgIpc) is 2.95. The Morgan fingerprint density at radius 1 is 0.722 bits per heavy atom. The van der Waals surface area contributed by atoms with Gasteiger partial charge in [0.15, 0.2) is 0 Å². The van der Waals surface area contributed by atoms with Crippen LogP contribution in [0.5, 0.6) is 0 Å². The van der Waals surface area contributed by atoms with Gasteiger partial charge in [0.2, 0.25) is 0 Å². The third-order valence-corrected chi connectivity index (χ3v) is 1.61. The van der Waals surface area contributed by atoms with E-state index in [-0.39, 0.29) is 44.0 Å². The van der Waals surface area contributed by atoms with Crippen molar-refractivity contribution >= 4 is 0 Å². The fourth-order valence-electron chi connectivity index (χ4n) is 0.642. The van der Waals surface area contributed by atoms with Gasteiger partial charge in [0.1, 0.15) is 0 Å². The minimum absolute atomic E-state index is 0. The zero-order valence-corrected chi connectivity index (χ0v) is 14.5. The second-order valence-corrected chi connectivity index (χ2v) is 4.46. The van der Waals surface area contributed by atoms with Crippen LogP contribution in [0.15, 0.2) is 54.7 Å². The summed E-state index contributed by atoms with van der Waals surface area (Å²) in [5.74, 6) is 0. The normalized spacial score (nSPS) is 13.5. The molecule has 0 N–H and O–H groups in total. The second kappa shape index (κ2) is 14.9. The molecule has 2 rings (SSSR count). The molecule has 0 saturated heterocycles. The SMILES string of the molecule is [CH]1C=CC=C1.[CH]1C=CC=C1.[CH]=CC(C)(C)C.[Cl-].[Zr]. The minimum Gasteiger partial charge on any atom is -1.00 e. The van der Waals surface area contributed by atoms with Gasteiger partial charge in [0, 0.05) is 39.0 Å². The van der Waals surface area contributed by atoms with Crippen molar-refractivity contribution in [2.75, 3.05) is 0 Å². The molecule has 0 aromatic carbocycles. The van der Waals surface area contributed by atoms with E-state index in [1.807, 2.05) is 61.4 Å². The van der Waals surface area contributed by atoms with Gasteiger partial charge in [-0.15, -0.1) is 0 Å². The number of halogens is 1. The van der Waals surface area contributed by atoms with E-state index in [4.69, 9.17) is 6.58 Å². The molecule has 0 aliphatic heterocycles. The van der Waals surface area contributed by atoms with Gasteiger partial charge in [-0.05, 0) is 5.41 Å². The first-order valence-electron chi connectivity index (χ1n) is 5.46. The summed E-state index contributed by atoms with van der Waals surface area (Å²) in [4.78, 5) is 0. The summed E-state index contributed by atoms with van der Waals surface area (Å²) in [6, 6.07) is 0. The van der Waals surface area contributed by atoms with E-state index >= 15 is 0 Å². The molecule has 0 heterocycles. The van der Waals surface area contributed by atoms with Gasteiger partial charge in [-0.25, -0.2) is 0 Å². The quantitative estimate of drug-likeness (QED) is 0.629. The Kier molecular flexibility index (Phi) is 19.1. The van der Waals surface area contributed by atoms with Crippen LogP contribution < -0.4 is 12.4 Å². The van der Waals surface area contributed by atoms with E-state index in [2.05, 4.69) is 20.8 Å². The van der Waals surface area contributed by atoms with Crippen LogP contribution in [0.25, 0.3) is 0 Å². The Morgan fingerprint density at radius 2 is 0.944 bits per heavy atom. The van der Waals surface area contributed by atoms with E-state index in [0.717, 1.165) is 0 Å². The molecule has 0 fully saturated rings. The van der Waals surface area contributed by atoms with Crippen LogP contribution in [-0.4, -0.2) is 0 Å². The zero-order valence-electron chi connectivity index (χ0n) is 11.3. The number of rotatable bonds is 0. The Labute approximate surface area is 138 Å². The minimum atomic E-state index is 0. The summed E-state index contributed by atoms with van der Waals surface area (Å²) in [5.41, 5.74) is 0.194. The molecule has 2 aliphatic carbocycles. The summed E-state index contributed by atoms with van der Waals surface area (Å²) >= 11 is 0. The van der Waals surface area contributed by atoms with E-state index in [1.54, 1.807) is 6.08 Å². The monoisotopic (exact) mass is 338 g/mol. The van der Waals surface area contributed by atoms with Crippen LogP contribution in [-0.2, 0) is 26.2 Å². The molecule has 0 aromatic rings. The molecule has 2 heteroatoms. The fourth-order valence-corrected chi connectivity index (χ4v) is 0.642. The average molecular weight is 340 g/mol. The van der Waals surface area contributed by atoms with Crippen LogP contribution in [0, 0.1) is 24.8 Å². The van der Waals surface area contributed by atoms with Crippen LogP contribution >= 0.6 is 0 Å². The topological polar surface area (TPSA) is 0 Å². The van der Waals surface area contributed by atoms with Crippen molar-refractivity contribution in [1.82, 2.24) is 0 Å². The van der Waals surface area contributed by atoms with Gasteiger partial charge < -0.3 is 12.4 Å². The molecule has 2 aliphatic rings. The Bertz CT molecular complexity index is 249. The number of hydrogen-bond acceptors (Lipinski definition) is 0. The first kappa shape index (κ1) is 23.0. The predicted molar refractivity (Wildman–Crippen MR) is 73.5 cm³/mol. The summed E-state index contributed by atoms with van der Waals surface area (Å²) in [6.07, 6.45) is 21.7. The van der Waals surface area contributed by atoms with Crippen molar-refractivity contribution < 1.29 is 38.6 Å². The molecule has 0 spiro atoms. The van der Waals surface area contributed by atoms with E-state index in [0.29, 0.717) is 0 Å². The molecule has 0 aromatic heterocycles. The molecule has 97 valence electrons. The first-order chi connectivity index (χ1) is 7.56. The summed E-state index contributed by atoms with van der Waals surface area (Å²) in [6.45, 7) is 11.4. The van der Waals surface area contributed by atoms with Gasteiger partial charge >= 0.3 is 0 Å². The van der Waals surface area contributed by atoms with Crippen molar-refractivity contribution in [2.45, 2.75) is 20.8 Å². The van der Waals surface area contributed by atoms with Crippen molar-refractivity contribution in [1.29, 1.82) is 0 Å². The van der Waals surface area contributed by atoms with Gasteiger partial charge in [-0.2, -0.15) is 0 Å². The molecule has 0 saturated carbocycles. The third kappa shape index (κ3) is 21.2. The van der Waals surface area contributed by atoms with Crippen LogP contribution in [0.4, 0.5) is 0 Å². The molecule has 0 bridgehead atoms. The smallest absolute Gasteiger partial charge is 0.00506 e. The van der Waals surface area contributed by atoms with Crippen molar-refractivity contribution in [3.05, 3.63) is 74.1 Å². The standard InChI is InChI=1S/C6H11.2C5H5.ClH.Zr/c1-5-6(2,3)4;2*1-2-4-5-3-1;;/h1,5H,2-4H3;2*1-5H;1H;/p-1. The Balaban J connectivity index is -0.000000178. The van der Waals surface area contributed by atoms with E-state index in [9.17, 15) is 0 Å². The van der Waals surface area contributed by atoms with Gasteiger partial charge in [-0.3, -0.25) is 0 Å². The summed E-state index contributed by atoms with van der Waals surface area (Å²) in [5, 5.41) is 0. The number of hydrogen-bond donors (Lipinski definition) is 0. The zero-order chi connectivity index (χ0) is 12.3. The van der Waals surface area contributed by atoms with Crippen LogP contribution in [0.1, 0.15) is 20.8 Å². The van der Waals surface area contributed by atoms with E-state index in [1.165, 1.54) is 0 Å². The molecule has 0 nitrogen and oxygen atoms in total. The number of allylic oxidation sites excluding steroid dienone is 9. The second-order valence-electron chi connectivity index (χ2n) is 4.46. The van der Waals surface area contributed by atoms with Crippen LogP contribution in [0.2, 0.25) is 0 Å². The van der Waals surface area contributed by atoms with Crippen molar-refractivity contribution in [2.24, 2.45) is 5.41 Å². The predicted octanol–water partition coefficient (Wildman–Crippen LogP) is 1.66. The molecule has 0 atom stereocenters. The molecular formula is C16H21ClZr-. The maximum atomic E-state index is 5.18. The first-order valence-corrected chi connectivity index (χ1v) is 5.46. The van der Waals surface area contributed by atoms with Gasteiger partial charge in [-0.1, -0.05) is 82.0 Å². The molecule has 0 unspecified atom stereocenters. The molecule has 18 heavy (non-hydrogen) atoms. The fraction of sp³-hybridized carbons (Fsp3) is 0.250. The molecular weight excluding hydrogens is 319 g/mol. The Morgan fingerprint density at radius 3 is 1.00 bits per heavy atom. The molecule has 3 radical (unpaired) electrons. The Hall–Kier alpha value is -0.127. The van der Waals surface area contributed by atoms with Crippen molar-refractivity contribution in [3.8, 4) is 0 Å². The van der Waals surface area contributed by atoms with Crippen molar-refractivity contribution in [3.63, 3.8) is 0 Å². The van der Waals surface area contributed by atoms with Gasteiger partial charge in [0.05, 0.1) is 0 Å². The summed E-state index contributed by atoms with van der Waals surface area (Å²) in [7, 11) is 0. The summed E-state index contributed by atoms with van der Waals surface area (Å²) < 4.78 is 0. The van der Waals surface area contributed by atoms with E-state index < -0.39 is 0 Å². The third-order valence-electron chi connectivity index (χ3n) is 1.61. The molecule has 0 amide bonds. The maximum Gasteiger partial charge on any atom is 0.00506 e. The maximum absolute atomic E-state index is 5.18.